The number of allylic oxidation sites excluding steroid dienone is 1. The van der Waals surface area contributed by atoms with Crippen LogP contribution in [0.2, 0.25) is 0 Å². The van der Waals surface area contributed by atoms with Crippen molar-refractivity contribution in [2.75, 3.05) is 0 Å². The van der Waals surface area contributed by atoms with Gasteiger partial charge in [0.1, 0.15) is 5.65 Å². The third-order valence-electron chi connectivity index (χ3n) is 6.76. The van der Waals surface area contributed by atoms with Gasteiger partial charge in [0.15, 0.2) is 0 Å². The van der Waals surface area contributed by atoms with E-state index in [1.54, 1.807) is 5.56 Å². The van der Waals surface area contributed by atoms with Crippen LogP contribution < -0.4 is 0 Å². The van der Waals surface area contributed by atoms with Crippen molar-refractivity contribution < 1.29 is 0 Å². The lowest BCUT2D eigenvalue weighted by Gasteiger charge is -2.13. The molecular formula is C28H32N2. The first-order valence-electron chi connectivity index (χ1n) is 11.6. The molecule has 2 heteroatoms. The Hall–Kier alpha value is -2.74. The highest BCUT2D eigenvalue weighted by atomic mass is 15.1. The third kappa shape index (κ3) is 3.19. The second kappa shape index (κ2) is 8.18. The van der Waals surface area contributed by atoms with Crippen LogP contribution in [0.4, 0.5) is 0 Å². The molecule has 0 radical (unpaired) electrons. The van der Waals surface area contributed by atoms with E-state index in [-0.39, 0.29) is 0 Å². The molecule has 2 aromatic carbocycles. The number of rotatable bonds is 7. The minimum absolute atomic E-state index is 1.12. The molecule has 1 aliphatic rings. The Balaban J connectivity index is 1.63. The topological polar surface area (TPSA) is 9.86 Å². The van der Waals surface area contributed by atoms with E-state index >= 15 is 0 Å². The van der Waals surface area contributed by atoms with Crippen molar-refractivity contribution in [2.45, 2.75) is 58.4 Å². The van der Waals surface area contributed by atoms with E-state index < -0.39 is 0 Å². The molecule has 0 saturated heterocycles. The summed E-state index contributed by atoms with van der Waals surface area (Å²) in [5.41, 5.74) is 8.34. The Morgan fingerprint density at radius 1 is 0.900 bits per heavy atom. The summed E-state index contributed by atoms with van der Waals surface area (Å²) in [5, 5.41) is 2.89. The van der Waals surface area contributed by atoms with Gasteiger partial charge in [-0.2, -0.15) is 0 Å². The predicted molar refractivity (Wildman–Crippen MR) is 130 cm³/mol. The van der Waals surface area contributed by atoms with Crippen molar-refractivity contribution >= 4 is 28.0 Å². The summed E-state index contributed by atoms with van der Waals surface area (Å²) in [5.74, 6) is 0. The minimum Gasteiger partial charge on any atom is -0.330 e. The van der Waals surface area contributed by atoms with Crippen LogP contribution in [-0.2, 0) is 20.0 Å². The molecule has 0 bridgehead atoms. The van der Waals surface area contributed by atoms with Crippen LogP contribution in [0.25, 0.3) is 39.1 Å². The normalized spacial score (nSPS) is 13.4. The average molecular weight is 397 g/mol. The van der Waals surface area contributed by atoms with Crippen LogP contribution in [0.5, 0.6) is 0 Å². The molecular weight excluding hydrogens is 364 g/mol. The molecule has 2 heterocycles. The van der Waals surface area contributed by atoms with Crippen LogP contribution in [-0.4, -0.2) is 9.13 Å². The Labute approximate surface area is 179 Å². The van der Waals surface area contributed by atoms with E-state index in [9.17, 15) is 0 Å². The summed E-state index contributed by atoms with van der Waals surface area (Å²) in [6.07, 6.45) is 13.6. The molecule has 5 rings (SSSR count). The third-order valence-corrected chi connectivity index (χ3v) is 6.76. The van der Waals surface area contributed by atoms with E-state index in [0.717, 1.165) is 19.4 Å². The SMILES string of the molecule is CCCCCCCn1c2c(c3c4ccc(-c5ccccc5)cc4n(C)c31)CCC=C2. The van der Waals surface area contributed by atoms with Gasteiger partial charge in [-0.25, -0.2) is 0 Å². The highest BCUT2D eigenvalue weighted by molar-refractivity contribution is 6.11. The standard InChI is InChI=1S/C28H32N2/c1-3-4-5-6-12-19-30-25-16-11-10-15-23(25)27-24-18-17-22(21-13-8-7-9-14-21)20-26(24)29(2)28(27)30/h7-9,11,13-14,16-18,20H,3-6,10,12,15,19H2,1-2H3. The lowest BCUT2D eigenvalue weighted by Crippen LogP contribution is -2.06. The first-order valence-corrected chi connectivity index (χ1v) is 11.6. The number of hydrogen-bond acceptors (Lipinski definition) is 0. The number of benzene rings is 2. The summed E-state index contributed by atoms with van der Waals surface area (Å²) >= 11 is 0. The van der Waals surface area contributed by atoms with Gasteiger partial charge in [0, 0.05) is 30.1 Å². The van der Waals surface area contributed by atoms with E-state index in [1.165, 1.54) is 70.9 Å². The van der Waals surface area contributed by atoms with Crippen LogP contribution in [0.15, 0.2) is 54.6 Å². The molecule has 2 nitrogen and oxygen atoms in total. The number of aryl methyl sites for hydroxylation is 3. The number of aromatic nitrogens is 2. The fraction of sp³-hybridized carbons (Fsp3) is 0.357. The largest absolute Gasteiger partial charge is 0.330 e. The van der Waals surface area contributed by atoms with Crippen molar-refractivity contribution in [3.63, 3.8) is 0 Å². The maximum Gasteiger partial charge on any atom is 0.121 e. The van der Waals surface area contributed by atoms with Crippen molar-refractivity contribution in [3.8, 4) is 11.1 Å². The Bertz CT molecular complexity index is 1200. The number of hydrogen-bond donors (Lipinski definition) is 0. The van der Waals surface area contributed by atoms with Gasteiger partial charge in [-0.15, -0.1) is 0 Å². The molecule has 2 aromatic heterocycles. The van der Waals surface area contributed by atoms with Crippen LogP contribution >= 0.6 is 0 Å². The van der Waals surface area contributed by atoms with Crippen molar-refractivity contribution in [3.05, 3.63) is 65.9 Å². The molecule has 30 heavy (non-hydrogen) atoms. The molecule has 0 amide bonds. The molecule has 0 N–H and O–H groups in total. The van der Waals surface area contributed by atoms with Gasteiger partial charge in [0.25, 0.3) is 0 Å². The first kappa shape index (κ1) is 19.2. The van der Waals surface area contributed by atoms with Crippen LogP contribution in [0.1, 0.15) is 56.7 Å². The second-order valence-electron chi connectivity index (χ2n) is 8.73. The average Bonchev–Trinajstić information content (AvgIpc) is 3.27. The maximum absolute atomic E-state index is 2.61. The van der Waals surface area contributed by atoms with Gasteiger partial charge in [0.2, 0.25) is 0 Å². The minimum atomic E-state index is 1.12. The molecule has 0 fully saturated rings. The zero-order valence-electron chi connectivity index (χ0n) is 18.3. The Kier molecular flexibility index (Phi) is 5.25. The van der Waals surface area contributed by atoms with E-state index in [0.29, 0.717) is 0 Å². The van der Waals surface area contributed by atoms with Gasteiger partial charge >= 0.3 is 0 Å². The highest BCUT2D eigenvalue weighted by Gasteiger charge is 2.23. The summed E-state index contributed by atoms with van der Waals surface area (Å²) < 4.78 is 5.05. The van der Waals surface area contributed by atoms with Gasteiger partial charge < -0.3 is 9.13 Å². The van der Waals surface area contributed by atoms with Gasteiger partial charge in [-0.1, -0.05) is 81.1 Å². The van der Waals surface area contributed by atoms with Crippen LogP contribution in [0, 0.1) is 0 Å². The molecule has 0 atom stereocenters. The lowest BCUT2D eigenvalue weighted by molar-refractivity contribution is 0.570. The maximum atomic E-state index is 2.61. The zero-order valence-corrected chi connectivity index (χ0v) is 18.3. The first-order chi connectivity index (χ1) is 14.8. The fourth-order valence-corrected chi connectivity index (χ4v) is 5.22. The fourth-order valence-electron chi connectivity index (χ4n) is 5.22. The number of unbranched alkanes of at least 4 members (excludes halogenated alkanes) is 4. The molecule has 154 valence electrons. The monoisotopic (exact) mass is 396 g/mol. The van der Waals surface area contributed by atoms with Crippen molar-refractivity contribution in [2.24, 2.45) is 7.05 Å². The zero-order chi connectivity index (χ0) is 20.5. The molecule has 4 aromatic rings. The quantitative estimate of drug-likeness (QED) is 0.283. The van der Waals surface area contributed by atoms with Gasteiger partial charge in [-0.3, -0.25) is 0 Å². The summed E-state index contributed by atoms with van der Waals surface area (Å²) in [7, 11) is 2.25. The van der Waals surface area contributed by atoms with Crippen molar-refractivity contribution in [1.29, 1.82) is 0 Å². The van der Waals surface area contributed by atoms with E-state index in [1.807, 2.05) is 0 Å². The second-order valence-corrected chi connectivity index (χ2v) is 8.73. The molecule has 0 saturated carbocycles. The molecule has 0 spiro atoms. The summed E-state index contributed by atoms with van der Waals surface area (Å²) in [4.78, 5) is 0. The summed E-state index contributed by atoms with van der Waals surface area (Å²) in [6.45, 7) is 3.41. The van der Waals surface area contributed by atoms with Crippen molar-refractivity contribution in [1.82, 2.24) is 9.13 Å². The Morgan fingerprint density at radius 3 is 2.57 bits per heavy atom. The number of nitrogens with zero attached hydrogens (tertiary/aromatic N) is 2. The van der Waals surface area contributed by atoms with E-state index in [2.05, 4.69) is 83.8 Å². The van der Waals surface area contributed by atoms with Crippen LogP contribution in [0.3, 0.4) is 0 Å². The lowest BCUT2D eigenvalue weighted by atomic mass is 9.99. The predicted octanol–water partition coefficient (Wildman–Crippen LogP) is 7.73. The molecule has 1 aliphatic carbocycles. The Morgan fingerprint density at radius 2 is 1.73 bits per heavy atom. The van der Waals surface area contributed by atoms with E-state index in [4.69, 9.17) is 0 Å². The van der Waals surface area contributed by atoms with Gasteiger partial charge in [-0.05, 0) is 48.1 Å². The van der Waals surface area contributed by atoms with Gasteiger partial charge in [0.05, 0.1) is 5.52 Å². The summed E-state index contributed by atoms with van der Waals surface area (Å²) in [6, 6.07) is 17.8. The smallest absolute Gasteiger partial charge is 0.121 e. The molecule has 0 unspecified atom stereocenters. The molecule has 0 aliphatic heterocycles. The highest BCUT2D eigenvalue weighted by Crippen LogP contribution is 2.39. The number of fused-ring (bicyclic) bond motifs is 5.